The highest BCUT2D eigenvalue weighted by atomic mass is 16.1. The van der Waals surface area contributed by atoms with Crippen molar-refractivity contribution in [3.05, 3.63) is 0 Å². The molecule has 2 aliphatic rings. The van der Waals surface area contributed by atoms with Crippen molar-refractivity contribution >= 4 is 6.29 Å². The second-order valence-electron chi connectivity index (χ2n) is 3.78. The molecule has 0 amide bonds. The van der Waals surface area contributed by atoms with Crippen LogP contribution in [0.25, 0.3) is 0 Å². The lowest BCUT2D eigenvalue weighted by Gasteiger charge is -2.41. The van der Waals surface area contributed by atoms with Crippen LogP contribution >= 0.6 is 0 Å². The molecular formula is C8H14N2O. The summed E-state index contributed by atoms with van der Waals surface area (Å²) >= 11 is 0. The van der Waals surface area contributed by atoms with Crippen molar-refractivity contribution < 1.29 is 4.79 Å². The average Bonchev–Trinajstić information content (AvgIpc) is 2.25. The summed E-state index contributed by atoms with van der Waals surface area (Å²) in [5.74, 6) is 0. The molecule has 1 saturated carbocycles. The van der Waals surface area contributed by atoms with Crippen LogP contribution in [0.1, 0.15) is 19.3 Å². The van der Waals surface area contributed by atoms with Gasteiger partial charge in [0.2, 0.25) is 0 Å². The fourth-order valence-electron chi connectivity index (χ4n) is 2.22. The van der Waals surface area contributed by atoms with E-state index in [1.54, 1.807) is 0 Å². The molecular weight excluding hydrogens is 140 g/mol. The van der Waals surface area contributed by atoms with Crippen molar-refractivity contribution in [2.75, 3.05) is 6.54 Å². The van der Waals surface area contributed by atoms with E-state index in [-0.39, 0.29) is 17.5 Å². The largest absolute Gasteiger partial charge is 0.325 e. The zero-order chi connectivity index (χ0) is 7.90. The van der Waals surface area contributed by atoms with Gasteiger partial charge in [-0.05, 0) is 18.3 Å². The molecule has 0 aromatic rings. The van der Waals surface area contributed by atoms with E-state index in [1.165, 1.54) is 19.3 Å². The van der Waals surface area contributed by atoms with E-state index in [4.69, 9.17) is 5.73 Å². The Labute approximate surface area is 66.3 Å². The summed E-state index contributed by atoms with van der Waals surface area (Å²) in [6.45, 7) is 0.942. The summed E-state index contributed by atoms with van der Waals surface area (Å²) in [5.41, 5.74) is 6.22. The first-order chi connectivity index (χ1) is 5.28. The van der Waals surface area contributed by atoms with Crippen molar-refractivity contribution in [3.63, 3.8) is 0 Å². The van der Waals surface area contributed by atoms with Gasteiger partial charge in [-0.1, -0.05) is 6.42 Å². The quantitative estimate of drug-likeness (QED) is 0.508. The zero-order valence-electron chi connectivity index (χ0n) is 6.55. The highest BCUT2D eigenvalue weighted by Gasteiger charge is 2.49. The van der Waals surface area contributed by atoms with Crippen LogP contribution in [-0.2, 0) is 4.79 Å². The van der Waals surface area contributed by atoms with Gasteiger partial charge in [0.25, 0.3) is 0 Å². The molecule has 3 N–H and O–H groups in total. The van der Waals surface area contributed by atoms with E-state index in [1.807, 2.05) is 0 Å². The third-order valence-corrected chi connectivity index (χ3v) is 3.28. The standard InChI is InChI=1S/C8H14N2O/c9-7-6(4-11)10-5-8(7)2-1-3-8/h4,6-7,10H,1-3,5,9H2. The Bertz CT molecular complexity index is 177. The van der Waals surface area contributed by atoms with Gasteiger partial charge in [-0.25, -0.2) is 0 Å². The molecule has 0 radical (unpaired) electrons. The first-order valence-corrected chi connectivity index (χ1v) is 4.23. The molecule has 1 heterocycles. The molecule has 0 aromatic carbocycles. The fourth-order valence-corrected chi connectivity index (χ4v) is 2.22. The van der Waals surface area contributed by atoms with Crippen molar-refractivity contribution in [1.29, 1.82) is 0 Å². The van der Waals surface area contributed by atoms with Crippen LogP contribution < -0.4 is 11.1 Å². The zero-order valence-corrected chi connectivity index (χ0v) is 6.55. The average molecular weight is 154 g/mol. The Morgan fingerprint density at radius 3 is 2.55 bits per heavy atom. The maximum atomic E-state index is 10.5. The minimum atomic E-state index is -0.0877. The number of carbonyl (C=O) groups excluding carboxylic acids is 1. The second kappa shape index (κ2) is 2.29. The van der Waals surface area contributed by atoms with Gasteiger partial charge in [0.05, 0.1) is 6.04 Å². The van der Waals surface area contributed by atoms with E-state index in [2.05, 4.69) is 5.32 Å². The molecule has 1 aliphatic heterocycles. The van der Waals surface area contributed by atoms with Crippen molar-refractivity contribution in [2.24, 2.45) is 11.1 Å². The topological polar surface area (TPSA) is 55.1 Å². The summed E-state index contributed by atoms with van der Waals surface area (Å²) in [6.07, 6.45) is 4.62. The Morgan fingerprint density at radius 1 is 1.55 bits per heavy atom. The van der Waals surface area contributed by atoms with Gasteiger partial charge in [0.1, 0.15) is 6.29 Å². The van der Waals surface area contributed by atoms with E-state index in [9.17, 15) is 4.79 Å². The summed E-state index contributed by atoms with van der Waals surface area (Å²) in [7, 11) is 0. The van der Waals surface area contributed by atoms with Gasteiger partial charge in [-0.3, -0.25) is 0 Å². The molecule has 2 fully saturated rings. The van der Waals surface area contributed by atoms with Crippen molar-refractivity contribution in [3.8, 4) is 0 Å². The van der Waals surface area contributed by atoms with E-state index in [0.717, 1.165) is 12.8 Å². The molecule has 2 unspecified atom stereocenters. The van der Waals surface area contributed by atoms with Crippen molar-refractivity contribution in [1.82, 2.24) is 5.32 Å². The molecule has 3 nitrogen and oxygen atoms in total. The predicted octanol–water partition coefficient (Wildman–Crippen LogP) is -0.345. The molecule has 3 heteroatoms. The summed E-state index contributed by atoms with van der Waals surface area (Å²) in [5, 5.41) is 3.16. The minimum Gasteiger partial charge on any atom is -0.325 e. The molecule has 2 rings (SSSR count). The van der Waals surface area contributed by atoms with E-state index < -0.39 is 0 Å². The Morgan fingerprint density at radius 2 is 2.27 bits per heavy atom. The summed E-state index contributed by atoms with van der Waals surface area (Å²) in [4.78, 5) is 10.5. The summed E-state index contributed by atoms with van der Waals surface area (Å²) in [6, 6.07) is -0.0240. The van der Waals surface area contributed by atoms with Crippen LogP contribution in [-0.4, -0.2) is 24.9 Å². The minimum absolute atomic E-state index is 0.0637. The number of aldehydes is 1. The Kier molecular flexibility index (Phi) is 1.51. The van der Waals surface area contributed by atoms with Crippen LogP contribution in [0.3, 0.4) is 0 Å². The lowest BCUT2D eigenvalue weighted by atomic mass is 9.65. The van der Waals surface area contributed by atoms with Crippen LogP contribution in [0.2, 0.25) is 0 Å². The number of hydrogen-bond acceptors (Lipinski definition) is 3. The lowest BCUT2D eigenvalue weighted by Crippen LogP contribution is -2.49. The van der Waals surface area contributed by atoms with Gasteiger partial charge < -0.3 is 15.8 Å². The van der Waals surface area contributed by atoms with Crippen LogP contribution in [0.4, 0.5) is 0 Å². The highest BCUT2D eigenvalue weighted by molar-refractivity contribution is 5.60. The van der Waals surface area contributed by atoms with Gasteiger partial charge in [-0.2, -0.15) is 0 Å². The first kappa shape index (κ1) is 7.25. The fraction of sp³-hybridized carbons (Fsp3) is 0.875. The number of rotatable bonds is 1. The maximum absolute atomic E-state index is 10.5. The molecule has 62 valence electrons. The molecule has 11 heavy (non-hydrogen) atoms. The maximum Gasteiger partial charge on any atom is 0.138 e. The summed E-state index contributed by atoms with van der Waals surface area (Å²) < 4.78 is 0. The van der Waals surface area contributed by atoms with Crippen LogP contribution in [0.5, 0.6) is 0 Å². The number of nitrogens with one attached hydrogen (secondary N) is 1. The molecule has 0 aromatic heterocycles. The second-order valence-corrected chi connectivity index (χ2v) is 3.78. The van der Waals surface area contributed by atoms with Crippen molar-refractivity contribution in [2.45, 2.75) is 31.3 Å². The smallest absolute Gasteiger partial charge is 0.138 e. The monoisotopic (exact) mass is 154 g/mol. The number of nitrogens with two attached hydrogens (primary N) is 1. The molecule has 1 aliphatic carbocycles. The third-order valence-electron chi connectivity index (χ3n) is 3.28. The number of carbonyl (C=O) groups is 1. The van der Waals surface area contributed by atoms with E-state index in [0.29, 0.717) is 0 Å². The molecule has 2 atom stereocenters. The van der Waals surface area contributed by atoms with Crippen LogP contribution in [0, 0.1) is 5.41 Å². The normalized spacial score (nSPS) is 40.5. The Balaban J connectivity index is 2.10. The predicted molar refractivity (Wildman–Crippen MR) is 42.1 cm³/mol. The molecule has 1 spiro atoms. The van der Waals surface area contributed by atoms with Gasteiger partial charge >= 0.3 is 0 Å². The lowest BCUT2D eigenvalue weighted by molar-refractivity contribution is -0.109. The number of hydrogen-bond donors (Lipinski definition) is 2. The first-order valence-electron chi connectivity index (χ1n) is 4.23. The molecule has 1 saturated heterocycles. The third kappa shape index (κ3) is 0.844. The SMILES string of the molecule is NC1C(C=O)NCC12CCC2. The van der Waals surface area contributed by atoms with Gasteiger partial charge in [0, 0.05) is 12.6 Å². The molecule has 0 bridgehead atoms. The van der Waals surface area contributed by atoms with E-state index >= 15 is 0 Å². The van der Waals surface area contributed by atoms with Crippen LogP contribution in [0.15, 0.2) is 0 Å². The highest BCUT2D eigenvalue weighted by Crippen LogP contribution is 2.46. The van der Waals surface area contributed by atoms with Gasteiger partial charge in [0.15, 0.2) is 0 Å². The Hall–Kier alpha value is -0.410. The van der Waals surface area contributed by atoms with Gasteiger partial charge in [-0.15, -0.1) is 0 Å².